The minimum Gasteiger partial charge on any atom is -0.330 e. The highest BCUT2D eigenvalue weighted by Crippen LogP contribution is 2.32. The van der Waals surface area contributed by atoms with Gasteiger partial charge in [0.1, 0.15) is 0 Å². The Morgan fingerprint density at radius 3 is 2.33 bits per heavy atom. The van der Waals surface area contributed by atoms with E-state index >= 15 is 0 Å². The molecule has 0 amide bonds. The Balaban J connectivity index is 2.78. The number of nitrogens with two attached hydrogens (primary N) is 1. The van der Waals surface area contributed by atoms with E-state index in [1.165, 1.54) is 12.1 Å². The first kappa shape index (κ1) is 12.5. The Labute approximate surface area is 93.1 Å². The fourth-order valence-corrected chi connectivity index (χ4v) is 1.95. The van der Waals surface area contributed by atoms with Crippen molar-refractivity contribution in [3.05, 3.63) is 29.8 Å². The number of halogens is 2. The highest BCUT2D eigenvalue weighted by molar-refractivity contribution is 7.99. The van der Waals surface area contributed by atoms with Crippen molar-refractivity contribution in [2.24, 2.45) is 5.73 Å². The third-order valence-electron chi connectivity index (χ3n) is 2.05. The highest BCUT2D eigenvalue weighted by Gasteiger charge is 2.29. The van der Waals surface area contributed by atoms with Crippen molar-refractivity contribution in [3.63, 3.8) is 0 Å². The van der Waals surface area contributed by atoms with E-state index in [-0.39, 0.29) is 18.5 Å². The van der Waals surface area contributed by atoms with Crippen LogP contribution in [0.3, 0.4) is 0 Å². The lowest BCUT2D eigenvalue weighted by Crippen LogP contribution is -2.18. The SMILES string of the molecule is CCSc1ccc(C(F)(F)CCN)cc1. The van der Waals surface area contributed by atoms with E-state index in [4.69, 9.17) is 5.73 Å². The smallest absolute Gasteiger partial charge is 0.274 e. The van der Waals surface area contributed by atoms with Crippen LogP contribution in [0.15, 0.2) is 29.2 Å². The summed E-state index contributed by atoms with van der Waals surface area (Å²) >= 11 is 1.64. The van der Waals surface area contributed by atoms with Crippen LogP contribution in [0.25, 0.3) is 0 Å². The average molecular weight is 231 g/mol. The summed E-state index contributed by atoms with van der Waals surface area (Å²) in [5, 5.41) is 0. The van der Waals surface area contributed by atoms with Gasteiger partial charge >= 0.3 is 0 Å². The van der Waals surface area contributed by atoms with Gasteiger partial charge in [0.25, 0.3) is 5.92 Å². The minimum absolute atomic E-state index is 0.00153. The van der Waals surface area contributed by atoms with E-state index in [1.54, 1.807) is 23.9 Å². The van der Waals surface area contributed by atoms with E-state index in [1.807, 2.05) is 6.92 Å². The van der Waals surface area contributed by atoms with Crippen LogP contribution in [0.4, 0.5) is 8.78 Å². The normalized spacial score (nSPS) is 11.7. The molecule has 84 valence electrons. The van der Waals surface area contributed by atoms with Gasteiger partial charge in [-0.3, -0.25) is 0 Å². The Kier molecular flexibility index (Phi) is 4.54. The molecule has 0 aliphatic heterocycles. The average Bonchev–Trinajstić information content (AvgIpc) is 2.19. The van der Waals surface area contributed by atoms with Crippen LogP contribution in [-0.4, -0.2) is 12.3 Å². The molecule has 4 heteroatoms. The Morgan fingerprint density at radius 1 is 1.27 bits per heavy atom. The van der Waals surface area contributed by atoms with Crippen LogP contribution in [0, 0.1) is 0 Å². The topological polar surface area (TPSA) is 26.0 Å². The van der Waals surface area contributed by atoms with Crippen LogP contribution in [0.5, 0.6) is 0 Å². The summed E-state index contributed by atoms with van der Waals surface area (Å²) < 4.78 is 26.8. The summed E-state index contributed by atoms with van der Waals surface area (Å²) in [6, 6.07) is 6.42. The Bertz CT molecular complexity index is 298. The van der Waals surface area contributed by atoms with Gasteiger partial charge in [-0.1, -0.05) is 19.1 Å². The maximum atomic E-state index is 13.4. The summed E-state index contributed by atoms with van der Waals surface area (Å²) in [6.07, 6.45) is -0.298. The molecule has 0 saturated heterocycles. The summed E-state index contributed by atoms with van der Waals surface area (Å²) in [4.78, 5) is 1.02. The van der Waals surface area contributed by atoms with Gasteiger partial charge in [0.05, 0.1) is 0 Å². The molecule has 0 heterocycles. The largest absolute Gasteiger partial charge is 0.330 e. The molecule has 0 unspecified atom stereocenters. The van der Waals surface area contributed by atoms with E-state index in [9.17, 15) is 8.78 Å². The number of rotatable bonds is 5. The molecule has 1 rings (SSSR count). The third-order valence-corrected chi connectivity index (χ3v) is 2.94. The molecule has 1 aromatic carbocycles. The van der Waals surface area contributed by atoms with Crippen molar-refractivity contribution in [3.8, 4) is 0 Å². The Hall–Kier alpha value is -0.610. The van der Waals surface area contributed by atoms with Crippen molar-refractivity contribution in [2.45, 2.75) is 24.2 Å². The molecular formula is C11H15F2NS. The summed E-state index contributed by atoms with van der Waals surface area (Å²) in [5.74, 6) is -1.86. The van der Waals surface area contributed by atoms with Crippen LogP contribution in [-0.2, 0) is 5.92 Å². The molecule has 0 aromatic heterocycles. The van der Waals surface area contributed by atoms with E-state index in [2.05, 4.69) is 0 Å². The maximum Gasteiger partial charge on any atom is 0.274 e. The van der Waals surface area contributed by atoms with Crippen molar-refractivity contribution < 1.29 is 8.78 Å². The lowest BCUT2D eigenvalue weighted by Gasteiger charge is -2.15. The van der Waals surface area contributed by atoms with Gasteiger partial charge in [0, 0.05) is 16.9 Å². The van der Waals surface area contributed by atoms with Gasteiger partial charge in [-0.15, -0.1) is 11.8 Å². The van der Waals surface area contributed by atoms with Gasteiger partial charge < -0.3 is 5.73 Å². The molecule has 0 fully saturated rings. The first-order chi connectivity index (χ1) is 7.10. The maximum absolute atomic E-state index is 13.4. The monoisotopic (exact) mass is 231 g/mol. The fraction of sp³-hybridized carbons (Fsp3) is 0.455. The third kappa shape index (κ3) is 3.47. The van der Waals surface area contributed by atoms with E-state index < -0.39 is 5.92 Å². The summed E-state index contributed by atoms with van der Waals surface area (Å²) in [7, 11) is 0. The van der Waals surface area contributed by atoms with Gasteiger partial charge in [0.2, 0.25) is 0 Å². The summed E-state index contributed by atoms with van der Waals surface area (Å²) in [6.45, 7) is 2.03. The number of thioether (sulfide) groups is 1. The molecule has 1 aromatic rings. The fourth-order valence-electron chi connectivity index (χ4n) is 1.29. The standard InChI is InChI=1S/C11H15F2NS/c1-2-15-10-5-3-9(4-6-10)11(12,13)7-8-14/h3-6H,2,7-8,14H2,1H3. The van der Waals surface area contributed by atoms with Gasteiger partial charge in [0.15, 0.2) is 0 Å². The Morgan fingerprint density at radius 2 is 1.87 bits per heavy atom. The van der Waals surface area contributed by atoms with Crippen molar-refractivity contribution in [1.82, 2.24) is 0 Å². The summed E-state index contributed by atoms with van der Waals surface area (Å²) in [5.41, 5.74) is 5.19. The predicted molar refractivity (Wildman–Crippen MR) is 60.4 cm³/mol. The minimum atomic E-state index is -2.80. The molecule has 0 saturated carbocycles. The zero-order chi connectivity index (χ0) is 11.3. The molecule has 0 atom stereocenters. The predicted octanol–water partition coefficient (Wildman–Crippen LogP) is 3.24. The number of hydrogen-bond donors (Lipinski definition) is 1. The lowest BCUT2D eigenvalue weighted by atomic mass is 10.1. The lowest BCUT2D eigenvalue weighted by molar-refractivity contribution is -0.0107. The molecule has 0 radical (unpaired) electrons. The van der Waals surface area contributed by atoms with E-state index in [0.29, 0.717) is 0 Å². The van der Waals surface area contributed by atoms with Crippen molar-refractivity contribution >= 4 is 11.8 Å². The molecule has 1 nitrogen and oxygen atoms in total. The van der Waals surface area contributed by atoms with Crippen LogP contribution >= 0.6 is 11.8 Å². The first-order valence-corrected chi connectivity index (χ1v) is 5.90. The second-order valence-corrected chi connectivity index (χ2v) is 4.54. The van der Waals surface area contributed by atoms with Gasteiger partial charge in [-0.05, 0) is 24.4 Å². The second-order valence-electron chi connectivity index (χ2n) is 3.20. The molecular weight excluding hydrogens is 216 g/mol. The van der Waals surface area contributed by atoms with Crippen LogP contribution in [0.1, 0.15) is 18.9 Å². The van der Waals surface area contributed by atoms with Crippen LogP contribution < -0.4 is 5.73 Å². The highest BCUT2D eigenvalue weighted by atomic mass is 32.2. The molecule has 0 aliphatic rings. The number of benzene rings is 1. The van der Waals surface area contributed by atoms with E-state index in [0.717, 1.165) is 10.6 Å². The first-order valence-electron chi connectivity index (χ1n) is 4.91. The molecule has 0 aliphatic carbocycles. The number of hydrogen-bond acceptors (Lipinski definition) is 2. The van der Waals surface area contributed by atoms with Crippen molar-refractivity contribution in [2.75, 3.05) is 12.3 Å². The zero-order valence-electron chi connectivity index (χ0n) is 8.67. The van der Waals surface area contributed by atoms with Gasteiger partial charge in [-0.2, -0.15) is 0 Å². The van der Waals surface area contributed by atoms with Gasteiger partial charge in [-0.25, -0.2) is 8.78 Å². The quantitative estimate of drug-likeness (QED) is 0.787. The molecule has 0 spiro atoms. The molecule has 0 bridgehead atoms. The number of alkyl halides is 2. The zero-order valence-corrected chi connectivity index (χ0v) is 9.49. The molecule has 2 N–H and O–H groups in total. The molecule has 15 heavy (non-hydrogen) atoms. The van der Waals surface area contributed by atoms with Crippen molar-refractivity contribution in [1.29, 1.82) is 0 Å². The second kappa shape index (κ2) is 5.47. The van der Waals surface area contributed by atoms with Crippen LogP contribution in [0.2, 0.25) is 0 Å².